The Hall–Kier alpha value is -1.54. The lowest BCUT2D eigenvalue weighted by Gasteiger charge is -2.28. The molecule has 7 nitrogen and oxygen atoms in total. The summed E-state index contributed by atoms with van der Waals surface area (Å²) >= 11 is 1.28. The minimum atomic E-state index is -0.855. The van der Waals surface area contributed by atoms with Crippen molar-refractivity contribution >= 4 is 29.7 Å². The summed E-state index contributed by atoms with van der Waals surface area (Å²) in [6.45, 7) is 0.363. The quantitative estimate of drug-likeness (QED) is 0.302. The van der Waals surface area contributed by atoms with E-state index in [1.54, 1.807) is 0 Å². The van der Waals surface area contributed by atoms with E-state index in [4.69, 9.17) is 5.11 Å². The molecule has 2 fully saturated rings. The molecule has 2 aliphatic rings. The zero-order valence-corrected chi connectivity index (χ0v) is 15.7. The molecule has 1 aliphatic carbocycles. The molecule has 3 amide bonds. The first-order chi connectivity index (χ1) is 12.5. The Morgan fingerprint density at radius 3 is 2.69 bits per heavy atom. The van der Waals surface area contributed by atoms with Gasteiger partial charge in [-0.15, -0.1) is 11.8 Å². The molecule has 3 N–H and O–H groups in total. The van der Waals surface area contributed by atoms with Crippen molar-refractivity contribution in [1.82, 2.24) is 10.2 Å². The lowest BCUT2D eigenvalue weighted by molar-refractivity contribution is -0.134. The fourth-order valence-corrected chi connectivity index (χ4v) is 4.13. The van der Waals surface area contributed by atoms with Gasteiger partial charge in [0.05, 0.1) is 11.9 Å². The minimum Gasteiger partial charge on any atom is -0.481 e. The highest BCUT2D eigenvalue weighted by molar-refractivity contribution is 8.00. The molecule has 0 spiro atoms. The van der Waals surface area contributed by atoms with Crippen molar-refractivity contribution in [1.29, 1.82) is 0 Å². The minimum absolute atomic E-state index is 0.0396. The Morgan fingerprint density at radius 2 is 2.00 bits per heavy atom. The molecule has 0 bridgehead atoms. The first kappa shape index (κ1) is 20.8. The van der Waals surface area contributed by atoms with Gasteiger partial charge in [-0.3, -0.25) is 14.9 Å². The van der Waals surface area contributed by atoms with Gasteiger partial charge in [0.1, 0.15) is 6.04 Å². The number of aliphatic carboxylic acids is 1. The molecule has 0 unspecified atom stereocenters. The number of carbonyl (C=O) groups excluding carboxylic acids is 2. The summed E-state index contributed by atoms with van der Waals surface area (Å²) in [5, 5.41) is 21.3. The summed E-state index contributed by atoms with van der Waals surface area (Å²) in [5.41, 5.74) is 0. The van der Waals surface area contributed by atoms with Crippen LogP contribution >= 0.6 is 11.8 Å². The molecule has 2 atom stereocenters. The van der Waals surface area contributed by atoms with Crippen LogP contribution in [0.15, 0.2) is 12.2 Å². The second-order valence-corrected chi connectivity index (χ2v) is 7.90. The molecule has 146 valence electrons. The van der Waals surface area contributed by atoms with Gasteiger partial charge >= 0.3 is 12.0 Å². The molecule has 0 aromatic heterocycles. The van der Waals surface area contributed by atoms with Gasteiger partial charge in [0, 0.05) is 12.3 Å². The largest absolute Gasteiger partial charge is 0.481 e. The van der Waals surface area contributed by atoms with Crippen LogP contribution in [0.4, 0.5) is 4.79 Å². The predicted molar refractivity (Wildman–Crippen MR) is 99.9 cm³/mol. The number of aliphatic hydroxyl groups is 1. The van der Waals surface area contributed by atoms with Crippen molar-refractivity contribution in [2.24, 2.45) is 5.92 Å². The average Bonchev–Trinajstić information content (AvgIpc) is 2.89. The van der Waals surface area contributed by atoms with E-state index in [2.05, 4.69) is 5.32 Å². The second kappa shape index (κ2) is 10.6. The summed E-state index contributed by atoms with van der Waals surface area (Å²) in [6.07, 6.45) is 9.67. The van der Waals surface area contributed by atoms with E-state index in [1.807, 2.05) is 12.2 Å². The number of hydrogen-bond donors (Lipinski definition) is 3. The number of aliphatic hydroxyl groups excluding tert-OH is 1. The van der Waals surface area contributed by atoms with Crippen LogP contribution in [0, 0.1) is 5.92 Å². The predicted octanol–water partition coefficient (Wildman–Crippen LogP) is 2.00. The van der Waals surface area contributed by atoms with Gasteiger partial charge < -0.3 is 15.1 Å². The van der Waals surface area contributed by atoms with Gasteiger partial charge in [0.2, 0.25) is 0 Å². The van der Waals surface area contributed by atoms with Crippen molar-refractivity contribution in [3.8, 4) is 0 Å². The number of rotatable bonds is 10. The van der Waals surface area contributed by atoms with E-state index < -0.39 is 24.1 Å². The first-order valence-corrected chi connectivity index (χ1v) is 10.4. The van der Waals surface area contributed by atoms with E-state index in [-0.39, 0.29) is 11.7 Å². The van der Waals surface area contributed by atoms with Gasteiger partial charge in [0.15, 0.2) is 0 Å². The summed E-state index contributed by atoms with van der Waals surface area (Å²) in [6, 6.07) is -0.953. The molecule has 1 aliphatic heterocycles. The molecule has 1 heterocycles. The molecular formula is C18H28N2O5S. The van der Waals surface area contributed by atoms with Crippen LogP contribution in [0.3, 0.4) is 0 Å². The third-order valence-corrected chi connectivity index (χ3v) is 5.87. The zero-order valence-electron chi connectivity index (χ0n) is 14.9. The van der Waals surface area contributed by atoms with Gasteiger partial charge in [0.25, 0.3) is 5.91 Å². The average molecular weight is 384 g/mol. The number of imide groups is 1. The number of hydrogen-bond acceptors (Lipinski definition) is 5. The maximum absolute atomic E-state index is 12.0. The molecule has 26 heavy (non-hydrogen) atoms. The molecule has 0 aromatic carbocycles. The molecule has 1 saturated heterocycles. The van der Waals surface area contributed by atoms with Crippen LogP contribution in [0.1, 0.15) is 44.9 Å². The fourth-order valence-electron chi connectivity index (χ4n) is 3.57. The summed E-state index contributed by atoms with van der Waals surface area (Å²) in [7, 11) is 0. The Balaban J connectivity index is 1.78. The van der Waals surface area contributed by atoms with Crippen molar-refractivity contribution in [3.05, 3.63) is 12.2 Å². The third kappa shape index (κ3) is 6.32. The van der Waals surface area contributed by atoms with E-state index in [0.29, 0.717) is 31.1 Å². The number of carboxylic acid groups (broad SMARTS) is 1. The van der Waals surface area contributed by atoms with Crippen LogP contribution in [0.25, 0.3) is 0 Å². The van der Waals surface area contributed by atoms with Gasteiger partial charge in [-0.2, -0.15) is 0 Å². The monoisotopic (exact) mass is 384 g/mol. The van der Waals surface area contributed by atoms with E-state index in [9.17, 15) is 19.5 Å². The van der Waals surface area contributed by atoms with Gasteiger partial charge in [-0.05, 0) is 31.6 Å². The molecule has 2 rings (SSSR count). The van der Waals surface area contributed by atoms with Crippen molar-refractivity contribution in [3.63, 3.8) is 0 Å². The van der Waals surface area contributed by atoms with Crippen molar-refractivity contribution < 1.29 is 24.6 Å². The number of amides is 3. The number of carbonyl (C=O) groups is 3. The van der Waals surface area contributed by atoms with Crippen LogP contribution in [0.5, 0.6) is 0 Å². The fraction of sp³-hybridized carbons (Fsp3) is 0.722. The topological polar surface area (TPSA) is 107 Å². The third-order valence-electron chi connectivity index (χ3n) is 5.00. The smallest absolute Gasteiger partial charge is 0.324 e. The normalized spacial score (nSPS) is 22.8. The maximum atomic E-state index is 12.0. The summed E-state index contributed by atoms with van der Waals surface area (Å²) < 4.78 is 0. The van der Waals surface area contributed by atoms with Crippen molar-refractivity contribution in [2.75, 3.05) is 18.1 Å². The highest BCUT2D eigenvalue weighted by Gasteiger charge is 2.37. The molecule has 0 aromatic rings. The van der Waals surface area contributed by atoms with Gasteiger partial charge in [-0.25, -0.2) is 4.79 Å². The van der Waals surface area contributed by atoms with E-state index in [0.717, 1.165) is 25.7 Å². The molecule has 8 heteroatoms. The van der Waals surface area contributed by atoms with Crippen LogP contribution in [-0.4, -0.2) is 63.2 Å². The SMILES string of the molecule is O=C(O)CSC/C=C/C[C@H]1C(=O)NC(=O)N1CC[C@@H](O)C1CCCCC1. The number of nitrogens with one attached hydrogen (secondary N) is 1. The molecule has 0 radical (unpaired) electrons. The van der Waals surface area contributed by atoms with Gasteiger partial charge in [-0.1, -0.05) is 31.4 Å². The van der Waals surface area contributed by atoms with Crippen molar-refractivity contribution in [2.45, 2.75) is 57.1 Å². The van der Waals surface area contributed by atoms with E-state index >= 15 is 0 Å². The Morgan fingerprint density at radius 1 is 1.27 bits per heavy atom. The number of nitrogens with zero attached hydrogens (tertiary/aromatic N) is 1. The zero-order chi connectivity index (χ0) is 18.9. The lowest BCUT2D eigenvalue weighted by atomic mass is 9.84. The van der Waals surface area contributed by atoms with E-state index in [1.165, 1.54) is 23.1 Å². The first-order valence-electron chi connectivity index (χ1n) is 9.23. The van der Waals surface area contributed by atoms with Crippen LogP contribution in [0.2, 0.25) is 0 Å². The Kier molecular flexibility index (Phi) is 8.44. The lowest BCUT2D eigenvalue weighted by Crippen LogP contribution is -2.38. The second-order valence-electron chi connectivity index (χ2n) is 6.87. The molecular weight excluding hydrogens is 356 g/mol. The Labute approximate surface area is 158 Å². The maximum Gasteiger partial charge on any atom is 0.324 e. The number of carboxylic acids is 1. The highest BCUT2D eigenvalue weighted by Crippen LogP contribution is 2.28. The summed E-state index contributed by atoms with van der Waals surface area (Å²) in [4.78, 5) is 36.0. The van der Waals surface area contributed by atoms with Crippen LogP contribution in [-0.2, 0) is 9.59 Å². The van der Waals surface area contributed by atoms with Crippen LogP contribution < -0.4 is 5.32 Å². The number of urea groups is 1. The Bertz CT molecular complexity index is 534. The molecule has 1 saturated carbocycles. The standard InChI is InChI=1S/C18H28N2O5S/c21-15(13-6-2-1-3-7-13)9-10-20-14(17(24)19-18(20)25)8-4-5-11-26-12-16(22)23/h4-5,13-15,21H,1-3,6-12H2,(H,22,23)(H,19,24,25)/b5-4+/t14-,15+/m0/s1. The highest BCUT2D eigenvalue weighted by atomic mass is 32.2. The number of thioether (sulfide) groups is 1. The summed E-state index contributed by atoms with van der Waals surface area (Å²) in [5.74, 6) is -0.279.